The quantitative estimate of drug-likeness (QED) is 0.785. The Bertz CT molecular complexity index is 666. The highest BCUT2D eigenvalue weighted by atomic mass is 79.9. The highest BCUT2D eigenvalue weighted by Gasteiger charge is 2.14. The van der Waals surface area contributed by atoms with Crippen molar-refractivity contribution in [3.63, 3.8) is 0 Å². The van der Waals surface area contributed by atoms with Crippen LogP contribution in [-0.2, 0) is 12.8 Å². The Hall–Kier alpha value is -1.66. The van der Waals surface area contributed by atoms with Gasteiger partial charge >= 0.3 is 5.69 Å². The lowest BCUT2D eigenvalue weighted by molar-refractivity contribution is 0.708. The smallest absolute Gasteiger partial charge is 0.340 e. The van der Waals surface area contributed by atoms with Crippen molar-refractivity contribution in [3.8, 4) is 0 Å². The molecular formula is C14H15BrN4O. The number of H-pyrrole nitrogens is 1. The lowest BCUT2D eigenvalue weighted by atomic mass is 10.1. The average Bonchev–Trinajstić information content (AvgIpc) is 2.66. The summed E-state index contributed by atoms with van der Waals surface area (Å²) in [6.45, 7) is 1.78. The van der Waals surface area contributed by atoms with E-state index in [1.165, 1.54) is 0 Å². The van der Waals surface area contributed by atoms with Crippen LogP contribution in [0.15, 0.2) is 33.5 Å². The molecule has 0 amide bonds. The molecule has 1 aliphatic rings. The fourth-order valence-electron chi connectivity index (χ4n) is 2.35. The van der Waals surface area contributed by atoms with E-state index in [9.17, 15) is 4.79 Å². The third kappa shape index (κ3) is 2.91. The number of nitrogens with zero attached hydrogens (tertiary/aromatic N) is 1. The van der Waals surface area contributed by atoms with Gasteiger partial charge in [0.2, 0.25) is 0 Å². The molecule has 0 aliphatic carbocycles. The Balaban J connectivity index is 1.98. The molecule has 0 spiro atoms. The fourth-order valence-corrected chi connectivity index (χ4v) is 2.62. The molecule has 1 aromatic carbocycles. The number of hydrogen-bond donors (Lipinski definition) is 3. The van der Waals surface area contributed by atoms with Crippen LogP contribution in [0.3, 0.4) is 0 Å². The number of nitrogens with one attached hydrogen (secondary N) is 3. The van der Waals surface area contributed by atoms with Crippen LogP contribution in [-0.4, -0.2) is 23.1 Å². The molecule has 0 unspecified atom stereocenters. The molecular weight excluding hydrogens is 320 g/mol. The number of benzene rings is 1. The molecule has 3 rings (SSSR count). The molecule has 5 nitrogen and oxygen atoms in total. The number of anilines is 2. The third-order valence-electron chi connectivity index (χ3n) is 3.33. The number of aromatic nitrogens is 2. The first-order valence-electron chi connectivity index (χ1n) is 6.58. The largest absolute Gasteiger partial charge is 0.347 e. The molecule has 20 heavy (non-hydrogen) atoms. The van der Waals surface area contributed by atoms with Crippen molar-refractivity contribution in [1.82, 2.24) is 15.3 Å². The lowest BCUT2D eigenvalue weighted by Gasteiger charge is -2.12. The number of aromatic amines is 1. The molecule has 2 heterocycles. The second-order valence-electron chi connectivity index (χ2n) is 4.73. The van der Waals surface area contributed by atoms with Gasteiger partial charge in [-0.3, -0.25) is 0 Å². The summed E-state index contributed by atoms with van der Waals surface area (Å²) in [5, 5.41) is 6.58. The van der Waals surface area contributed by atoms with E-state index in [0.29, 0.717) is 5.82 Å². The van der Waals surface area contributed by atoms with Gasteiger partial charge in [0.05, 0.1) is 0 Å². The van der Waals surface area contributed by atoms with Crippen molar-refractivity contribution in [2.24, 2.45) is 0 Å². The summed E-state index contributed by atoms with van der Waals surface area (Å²) in [5.41, 5.74) is 2.70. The molecule has 3 N–H and O–H groups in total. The minimum absolute atomic E-state index is 0.301. The molecule has 6 heteroatoms. The number of hydrogen-bond acceptors (Lipinski definition) is 4. The fraction of sp³-hybridized carbons (Fsp3) is 0.286. The lowest BCUT2D eigenvalue weighted by Crippen LogP contribution is -2.18. The molecule has 0 saturated heterocycles. The van der Waals surface area contributed by atoms with Gasteiger partial charge in [-0.1, -0.05) is 15.9 Å². The average molecular weight is 335 g/mol. The Kier molecular flexibility index (Phi) is 3.84. The monoisotopic (exact) mass is 334 g/mol. The van der Waals surface area contributed by atoms with Crippen LogP contribution in [0.5, 0.6) is 0 Å². The second-order valence-corrected chi connectivity index (χ2v) is 5.65. The molecule has 2 aromatic rings. The Morgan fingerprint density at radius 1 is 1.15 bits per heavy atom. The van der Waals surface area contributed by atoms with Crippen molar-refractivity contribution < 1.29 is 0 Å². The predicted octanol–water partition coefficient (Wildman–Crippen LogP) is 1.96. The molecule has 0 radical (unpaired) electrons. The number of rotatable bonds is 2. The van der Waals surface area contributed by atoms with Crippen LogP contribution in [0.2, 0.25) is 0 Å². The second kappa shape index (κ2) is 5.76. The van der Waals surface area contributed by atoms with Crippen molar-refractivity contribution in [2.75, 3.05) is 18.4 Å². The summed E-state index contributed by atoms with van der Waals surface area (Å²) in [5.74, 6) is 0.662. The van der Waals surface area contributed by atoms with Crippen molar-refractivity contribution in [3.05, 3.63) is 50.5 Å². The first kappa shape index (κ1) is 13.3. The minimum atomic E-state index is -0.301. The van der Waals surface area contributed by atoms with Crippen LogP contribution < -0.4 is 16.3 Å². The normalized spacial score (nSPS) is 14.4. The summed E-state index contributed by atoms with van der Waals surface area (Å²) in [4.78, 5) is 18.6. The highest BCUT2D eigenvalue weighted by molar-refractivity contribution is 9.10. The van der Waals surface area contributed by atoms with Crippen molar-refractivity contribution in [2.45, 2.75) is 12.8 Å². The highest BCUT2D eigenvalue weighted by Crippen LogP contribution is 2.22. The molecule has 1 aliphatic heterocycles. The molecule has 0 saturated carbocycles. The van der Waals surface area contributed by atoms with Gasteiger partial charge in [0, 0.05) is 34.4 Å². The van der Waals surface area contributed by atoms with Gasteiger partial charge < -0.3 is 15.6 Å². The predicted molar refractivity (Wildman–Crippen MR) is 82.6 cm³/mol. The van der Waals surface area contributed by atoms with Gasteiger partial charge in [0.25, 0.3) is 0 Å². The SMILES string of the molecule is O=c1nc(Nc2ccc(Br)cc2)c2c([nH]1)CCNCC2. The van der Waals surface area contributed by atoms with Gasteiger partial charge in [-0.2, -0.15) is 4.98 Å². The third-order valence-corrected chi connectivity index (χ3v) is 3.86. The van der Waals surface area contributed by atoms with E-state index in [2.05, 4.69) is 36.5 Å². The number of halogens is 1. The summed E-state index contributed by atoms with van der Waals surface area (Å²) < 4.78 is 1.02. The van der Waals surface area contributed by atoms with Crippen LogP contribution in [0.25, 0.3) is 0 Å². The standard InChI is InChI=1S/C14H15BrN4O/c15-9-1-3-10(4-2-9)17-13-11-5-7-16-8-6-12(11)18-14(20)19-13/h1-4,16H,5-8H2,(H2,17,18,19,20). The van der Waals surface area contributed by atoms with Gasteiger partial charge in [0.15, 0.2) is 0 Å². The van der Waals surface area contributed by atoms with E-state index in [1.807, 2.05) is 24.3 Å². The molecule has 1 aromatic heterocycles. The van der Waals surface area contributed by atoms with Gasteiger partial charge in [0.1, 0.15) is 5.82 Å². The summed E-state index contributed by atoms with van der Waals surface area (Å²) in [7, 11) is 0. The van der Waals surface area contributed by atoms with E-state index in [-0.39, 0.29) is 5.69 Å². The van der Waals surface area contributed by atoms with E-state index in [4.69, 9.17) is 0 Å². The van der Waals surface area contributed by atoms with Gasteiger partial charge in [-0.25, -0.2) is 4.79 Å². The van der Waals surface area contributed by atoms with E-state index < -0.39 is 0 Å². The Morgan fingerprint density at radius 3 is 2.70 bits per heavy atom. The summed E-state index contributed by atoms with van der Waals surface area (Å²) in [6, 6.07) is 7.81. The molecule has 0 atom stereocenters. The van der Waals surface area contributed by atoms with E-state index in [0.717, 1.165) is 47.3 Å². The van der Waals surface area contributed by atoms with Crippen LogP contribution in [0.4, 0.5) is 11.5 Å². The molecule has 0 bridgehead atoms. The van der Waals surface area contributed by atoms with Crippen LogP contribution >= 0.6 is 15.9 Å². The van der Waals surface area contributed by atoms with E-state index >= 15 is 0 Å². The maximum absolute atomic E-state index is 11.7. The Morgan fingerprint density at radius 2 is 1.90 bits per heavy atom. The number of fused-ring (bicyclic) bond motifs is 1. The van der Waals surface area contributed by atoms with Crippen molar-refractivity contribution in [1.29, 1.82) is 0 Å². The van der Waals surface area contributed by atoms with Crippen LogP contribution in [0, 0.1) is 0 Å². The zero-order valence-electron chi connectivity index (χ0n) is 10.9. The zero-order valence-corrected chi connectivity index (χ0v) is 12.5. The molecule has 104 valence electrons. The first-order valence-corrected chi connectivity index (χ1v) is 7.37. The maximum Gasteiger partial charge on any atom is 0.347 e. The summed E-state index contributed by atoms with van der Waals surface area (Å²) >= 11 is 3.41. The topological polar surface area (TPSA) is 69.8 Å². The van der Waals surface area contributed by atoms with E-state index in [1.54, 1.807) is 0 Å². The zero-order chi connectivity index (χ0) is 13.9. The summed E-state index contributed by atoms with van der Waals surface area (Å²) in [6.07, 6.45) is 1.68. The van der Waals surface area contributed by atoms with Gasteiger partial charge in [-0.05, 0) is 37.2 Å². The first-order chi connectivity index (χ1) is 9.72. The van der Waals surface area contributed by atoms with Crippen LogP contribution in [0.1, 0.15) is 11.3 Å². The Labute approximate surface area is 125 Å². The van der Waals surface area contributed by atoms with Gasteiger partial charge in [-0.15, -0.1) is 0 Å². The molecule has 0 fully saturated rings. The maximum atomic E-state index is 11.7. The van der Waals surface area contributed by atoms with Crippen molar-refractivity contribution >= 4 is 27.4 Å². The minimum Gasteiger partial charge on any atom is -0.340 e.